The summed E-state index contributed by atoms with van der Waals surface area (Å²) in [6, 6.07) is 4.65. The lowest BCUT2D eigenvalue weighted by Crippen LogP contribution is -2.47. The van der Waals surface area contributed by atoms with Crippen LogP contribution in [-0.2, 0) is 0 Å². The third-order valence-corrected chi connectivity index (χ3v) is 5.61. The number of urea groups is 1. The number of hydrogen-bond donors (Lipinski definition) is 2. The van der Waals surface area contributed by atoms with Crippen molar-refractivity contribution in [3.05, 3.63) is 18.3 Å². The van der Waals surface area contributed by atoms with E-state index < -0.39 is 0 Å². The van der Waals surface area contributed by atoms with Gasteiger partial charge < -0.3 is 15.5 Å². The highest BCUT2D eigenvalue weighted by atomic mass is 16.2. The van der Waals surface area contributed by atoms with Crippen molar-refractivity contribution >= 4 is 17.5 Å². The molecule has 2 atom stereocenters. The van der Waals surface area contributed by atoms with Crippen LogP contribution in [0.3, 0.4) is 0 Å². The van der Waals surface area contributed by atoms with E-state index in [2.05, 4.69) is 25.4 Å². The fourth-order valence-electron chi connectivity index (χ4n) is 4.34. The highest BCUT2D eigenvalue weighted by Gasteiger charge is 2.36. The molecule has 6 heteroatoms. The molecule has 1 aromatic rings. The Morgan fingerprint density at radius 3 is 2.67 bits per heavy atom. The number of anilines is 2. The maximum absolute atomic E-state index is 12.3. The first kappa shape index (κ1) is 15.7. The molecular formula is C18H27N5O. The molecule has 3 fully saturated rings. The number of amides is 2. The molecule has 0 saturated carbocycles. The molecule has 130 valence electrons. The van der Waals surface area contributed by atoms with Crippen LogP contribution in [0.2, 0.25) is 0 Å². The molecule has 6 nitrogen and oxygen atoms in total. The zero-order valence-electron chi connectivity index (χ0n) is 14.2. The third kappa shape index (κ3) is 3.34. The molecule has 3 aliphatic heterocycles. The molecule has 0 aliphatic carbocycles. The number of piperidine rings is 1. The largest absolute Gasteiger partial charge is 0.357 e. The van der Waals surface area contributed by atoms with E-state index in [1.165, 1.54) is 38.6 Å². The molecule has 4 heterocycles. The van der Waals surface area contributed by atoms with E-state index in [-0.39, 0.29) is 12.1 Å². The van der Waals surface area contributed by atoms with Gasteiger partial charge in [-0.3, -0.25) is 4.90 Å². The Labute approximate surface area is 143 Å². The topological polar surface area (TPSA) is 60.5 Å². The fraction of sp³-hybridized carbons (Fsp3) is 0.667. The number of carbonyl (C=O) groups excluding carboxylic acids is 1. The van der Waals surface area contributed by atoms with Crippen LogP contribution in [-0.4, -0.2) is 54.2 Å². The number of aromatic nitrogens is 1. The Kier molecular flexibility index (Phi) is 4.56. The van der Waals surface area contributed by atoms with Crippen molar-refractivity contribution in [1.29, 1.82) is 0 Å². The maximum atomic E-state index is 12.3. The van der Waals surface area contributed by atoms with E-state index in [1.54, 1.807) is 6.20 Å². The Morgan fingerprint density at radius 1 is 1.04 bits per heavy atom. The molecule has 3 aliphatic rings. The van der Waals surface area contributed by atoms with Crippen LogP contribution in [0.25, 0.3) is 0 Å². The number of pyridine rings is 1. The first-order chi connectivity index (χ1) is 11.8. The molecule has 0 bridgehead atoms. The van der Waals surface area contributed by atoms with Crippen molar-refractivity contribution in [3.8, 4) is 0 Å². The van der Waals surface area contributed by atoms with E-state index >= 15 is 0 Å². The zero-order valence-corrected chi connectivity index (χ0v) is 14.2. The molecule has 2 N–H and O–H groups in total. The van der Waals surface area contributed by atoms with E-state index in [4.69, 9.17) is 0 Å². The highest BCUT2D eigenvalue weighted by molar-refractivity contribution is 5.89. The Hall–Kier alpha value is -1.82. The number of fused-ring (bicyclic) bond motifs is 1. The van der Waals surface area contributed by atoms with Crippen molar-refractivity contribution in [2.45, 2.75) is 50.6 Å². The van der Waals surface area contributed by atoms with Crippen LogP contribution in [0, 0.1) is 0 Å². The summed E-state index contributed by atoms with van der Waals surface area (Å²) in [5.74, 6) is 1.01. The Morgan fingerprint density at radius 2 is 1.88 bits per heavy atom. The minimum atomic E-state index is -0.108. The predicted molar refractivity (Wildman–Crippen MR) is 95.5 cm³/mol. The quantitative estimate of drug-likeness (QED) is 0.894. The van der Waals surface area contributed by atoms with Crippen LogP contribution in [0.4, 0.5) is 16.3 Å². The maximum Gasteiger partial charge on any atom is 0.319 e. The van der Waals surface area contributed by atoms with Gasteiger partial charge in [-0.2, -0.15) is 0 Å². The minimum Gasteiger partial charge on any atom is -0.357 e. The lowest BCUT2D eigenvalue weighted by atomic mass is 9.99. The second-order valence-corrected chi connectivity index (χ2v) is 7.19. The van der Waals surface area contributed by atoms with Gasteiger partial charge in [0.1, 0.15) is 5.82 Å². The molecule has 2 unspecified atom stereocenters. The molecule has 0 aromatic carbocycles. The van der Waals surface area contributed by atoms with E-state index in [1.807, 2.05) is 12.1 Å². The SMILES string of the molecule is O=C(Nc1ccc(N2CCCC2)nc1)NC1CCN2CCCCC12. The minimum absolute atomic E-state index is 0.108. The van der Waals surface area contributed by atoms with Crippen molar-refractivity contribution in [2.24, 2.45) is 0 Å². The van der Waals surface area contributed by atoms with Gasteiger partial charge in [0, 0.05) is 31.7 Å². The first-order valence-electron chi connectivity index (χ1n) is 9.32. The van der Waals surface area contributed by atoms with Gasteiger partial charge in [0.15, 0.2) is 0 Å². The average molecular weight is 329 g/mol. The second-order valence-electron chi connectivity index (χ2n) is 7.19. The standard InChI is InChI=1S/C18H27N5O/c24-18(21-15-8-12-22-9-2-1-5-16(15)22)20-14-6-7-17(19-13-14)23-10-3-4-11-23/h6-7,13,15-16H,1-5,8-12H2,(H2,20,21,24). The Bertz CT molecular complexity index is 569. The van der Waals surface area contributed by atoms with Gasteiger partial charge >= 0.3 is 6.03 Å². The summed E-state index contributed by atoms with van der Waals surface area (Å²) in [6.45, 7) is 4.47. The van der Waals surface area contributed by atoms with Gasteiger partial charge in [0.25, 0.3) is 0 Å². The summed E-state index contributed by atoms with van der Waals surface area (Å²) in [5.41, 5.74) is 0.758. The summed E-state index contributed by atoms with van der Waals surface area (Å²) in [4.78, 5) is 21.6. The molecule has 24 heavy (non-hydrogen) atoms. The normalized spacial score (nSPS) is 27.1. The summed E-state index contributed by atoms with van der Waals surface area (Å²) < 4.78 is 0. The van der Waals surface area contributed by atoms with Gasteiger partial charge in [-0.25, -0.2) is 9.78 Å². The lowest BCUT2D eigenvalue weighted by molar-refractivity contribution is 0.180. The Balaban J connectivity index is 1.31. The van der Waals surface area contributed by atoms with Gasteiger partial charge in [0.2, 0.25) is 0 Å². The van der Waals surface area contributed by atoms with Crippen molar-refractivity contribution in [1.82, 2.24) is 15.2 Å². The van der Waals surface area contributed by atoms with Crippen LogP contribution in [0.15, 0.2) is 18.3 Å². The number of hydrogen-bond acceptors (Lipinski definition) is 4. The van der Waals surface area contributed by atoms with E-state index in [0.717, 1.165) is 37.6 Å². The monoisotopic (exact) mass is 329 g/mol. The number of nitrogens with one attached hydrogen (secondary N) is 2. The number of carbonyl (C=O) groups is 1. The number of rotatable bonds is 3. The van der Waals surface area contributed by atoms with Gasteiger partial charge in [-0.1, -0.05) is 6.42 Å². The van der Waals surface area contributed by atoms with Crippen LogP contribution >= 0.6 is 0 Å². The predicted octanol–water partition coefficient (Wildman–Crippen LogP) is 2.43. The van der Waals surface area contributed by atoms with Crippen LogP contribution in [0.5, 0.6) is 0 Å². The summed E-state index contributed by atoms with van der Waals surface area (Å²) in [5, 5.41) is 6.10. The summed E-state index contributed by atoms with van der Waals surface area (Å²) in [6.07, 6.45) is 9.08. The molecule has 2 amide bonds. The smallest absolute Gasteiger partial charge is 0.319 e. The van der Waals surface area contributed by atoms with Gasteiger partial charge in [0.05, 0.1) is 11.9 Å². The van der Waals surface area contributed by atoms with E-state index in [9.17, 15) is 4.79 Å². The summed E-state index contributed by atoms with van der Waals surface area (Å²) >= 11 is 0. The van der Waals surface area contributed by atoms with Crippen molar-refractivity contribution < 1.29 is 4.79 Å². The van der Waals surface area contributed by atoms with Gasteiger partial charge in [-0.05, 0) is 50.8 Å². The van der Waals surface area contributed by atoms with Crippen molar-refractivity contribution in [2.75, 3.05) is 36.4 Å². The summed E-state index contributed by atoms with van der Waals surface area (Å²) in [7, 11) is 0. The number of nitrogens with zero attached hydrogens (tertiary/aromatic N) is 3. The van der Waals surface area contributed by atoms with Crippen molar-refractivity contribution in [3.63, 3.8) is 0 Å². The molecule has 4 rings (SSSR count). The zero-order chi connectivity index (χ0) is 16.4. The lowest BCUT2D eigenvalue weighted by Gasteiger charge is -2.32. The van der Waals surface area contributed by atoms with E-state index in [0.29, 0.717) is 6.04 Å². The first-order valence-corrected chi connectivity index (χ1v) is 9.32. The van der Waals surface area contributed by atoms with Gasteiger partial charge in [-0.15, -0.1) is 0 Å². The molecule has 0 radical (unpaired) electrons. The molecule has 0 spiro atoms. The second kappa shape index (κ2) is 6.97. The molecular weight excluding hydrogens is 302 g/mol. The highest BCUT2D eigenvalue weighted by Crippen LogP contribution is 2.27. The fourth-order valence-corrected chi connectivity index (χ4v) is 4.34. The van der Waals surface area contributed by atoms with Crippen LogP contribution in [0.1, 0.15) is 38.5 Å². The third-order valence-electron chi connectivity index (χ3n) is 5.61. The average Bonchev–Trinajstić information content (AvgIpc) is 3.26. The van der Waals surface area contributed by atoms with Crippen LogP contribution < -0.4 is 15.5 Å². The molecule has 3 saturated heterocycles. The molecule has 1 aromatic heterocycles.